The molecule has 2 aromatic carbocycles. The largest absolute Gasteiger partial charge is 0.488 e. The van der Waals surface area contributed by atoms with Crippen LogP contribution in [0.25, 0.3) is 0 Å². The molecule has 2 aromatic rings. The molecule has 0 atom stereocenters. The summed E-state index contributed by atoms with van der Waals surface area (Å²) in [7, 11) is 4.46. The maximum atomic E-state index is 5.78. The Morgan fingerprint density at radius 1 is 0.950 bits per heavy atom. The van der Waals surface area contributed by atoms with Gasteiger partial charge in [-0.2, -0.15) is 0 Å². The number of rotatable bonds is 6. The number of likely N-dealkylation sites (N-methyl/N-ethyl adjacent to an activating group) is 1. The molecule has 0 spiro atoms. The van der Waals surface area contributed by atoms with E-state index in [1.54, 1.807) is 0 Å². The minimum atomic E-state index is 0.724. The standard InChI is InChI=1S/C17H21BrNO/c1-19(2,14-15-8-6-7-11-17(15)18)12-13-20-16-9-4-3-5-10-16/h3-11H,12-14H2,1-2H3/q+1. The summed E-state index contributed by atoms with van der Waals surface area (Å²) in [5, 5.41) is 0. The molecule has 0 radical (unpaired) electrons. The molecule has 20 heavy (non-hydrogen) atoms. The Hall–Kier alpha value is -1.32. The second kappa shape index (κ2) is 6.91. The molecule has 2 rings (SSSR count). The maximum Gasteiger partial charge on any atom is 0.137 e. The SMILES string of the molecule is C[N+](C)(CCOc1ccccc1)Cc1ccccc1Br. The van der Waals surface area contributed by atoms with Crippen LogP contribution in [0.3, 0.4) is 0 Å². The third-order valence-corrected chi connectivity index (χ3v) is 4.04. The van der Waals surface area contributed by atoms with Crippen molar-refractivity contribution in [3.63, 3.8) is 0 Å². The first-order valence-electron chi connectivity index (χ1n) is 6.80. The summed E-state index contributed by atoms with van der Waals surface area (Å²) >= 11 is 3.61. The van der Waals surface area contributed by atoms with Crippen LogP contribution in [-0.2, 0) is 6.54 Å². The van der Waals surface area contributed by atoms with Gasteiger partial charge in [0.15, 0.2) is 0 Å². The molecule has 0 aliphatic carbocycles. The van der Waals surface area contributed by atoms with Crippen LogP contribution in [0.4, 0.5) is 0 Å². The van der Waals surface area contributed by atoms with Crippen LogP contribution in [0.2, 0.25) is 0 Å². The molecule has 0 N–H and O–H groups in total. The third-order valence-electron chi connectivity index (χ3n) is 3.26. The van der Waals surface area contributed by atoms with Gasteiger partial charge in [0.2, 0.25) is 0 Å². The average Bonchev–Trinajstić information content (AvgIpc) is 2.42. The molecule has 0 unspecified atom stereocenters. The smallest absolute Gasteiger partial charge is 0.137 e. The van der Waals surface area contributed by atoms with Gasteiger partial charge in [-0.05, 0) is 18.2 Å². The van der Waals surface area contributed by atoms with E-state index in [1.807, 2.05) is 36.4 Å². The molecule has 0 saturated carbocycles. The van der Waals surface area contributed by atoms with E-state index < -0.39 is 0 Å². The molecular formula is C17H21BrNO+. The predicted octanol–water partition coefficient (Wildman–Crippen LogP) is 4.10. The number of hydrogen-bond donors (Lipinski definition) is 0. The molecular weight excluding hydrogens is 314 g/mol. The first-order chi connectivity index (χ1) is 9.57. The first-order valence-corrected chi connectivity index (χ1v) is 7.59. The van der Waals surface area contributed by atoms with Gasteiger partial charge < -0.3 is 9.22 Å². The van der Waals surface area contributed by atoms with Crippen molar-refractivity contribution in [3.8, 4) is 5.75 Å². The van der Waals surface area contributed by atoms with Crippen LogP contribution in [0.1, 0.15) is 5.56 Å². The van der Waals surface area contributed by atoms with Crippen molar-refractivity contribution in [1.82, 2.24) is 0 Å². The van der Waals surface area contributed by atoms with Crippen molar-refractivity contribution in [2.45, 2.75) is 6.54 Å². The fraction of sp³-hybridized carbons (Fsp3) is 0.294. The Morgan fingerprint density at radius 2 is 1.60 bits per heavy atom. The molecule has 0 fully saturated rings. The van der Waals surface area contributed by atoms with Gasteiger partial charge in [-0.3, -0.25) is 0 Å². The number of ether oxygens (including phenoxy) is 1. The minimum Gasteiger partial charge on any atom is -0.488 e. The van der Waals surface area contributed by atoms with Crippen LogP contribution in [-0.4, -0.2) is 31.7 Å². The van der Waals surface area contributed by atoms with Gasteiger partial charge in [0.25, 0.3) is 0 Å². The van der Waals surface area contributed by atoms with E-state index in [2.05, 4.69) is 48.2 Å². The second-order valence-corrected chi connectivity index (χ2v) is 6.42. The van der Waals surface area contributed by atoms with E-state index >= 15 is 0 Å². The van der Waals surface area contributed by atoms with Crippen molar-refractivity contribution in [1.29, 1.82) is 0 Å². The van der Waals surface area contributed by atoms with E-state index in [0.29, 0.717) is 0 Å². The molecule has 0 saturated heterocycles. The van der Waals surface area contributed by atoms with Crippen LogP contribution in [0, 0.1) is 0 Å². The second-order valence-electron chi connectivity index (χ2n) is 5.57. The van der Waals surface area contributed by atoms with Crippen LogP contribution >= 0.6 is 15.9 Å². The summed E-state index contributed by atoms with van der Waals surface area (Å²) in [5.74, 6) is 0.938. The Kier molecular flexibility index (Phi) is 5.21. The highest BCUT2D eigenvalue weighted by Gasteiger charge is 2.17. The third kappa shape index (κ3) is 4.66. The van der Waals surface area contributed by atoms with E-state index in [1.165, 1.54) is 10.0 Å². The predicted molar refractivity (Wildman–Crippen MR) is 86.8 cm³/mol. The Bertz CT molecular complexity index is 540. The zero-order valence-corrected chi connectivity index (χ0v) is 13.6. The van der Waals surface area contributed by atoms with Gasteiger partial charge in [-0.1, -0.05) is 52.3 Å². The normalized spacial score (nSPS) is 11.3. The first kappa shape index (κ1) is 15.1. The molecule has 0 aliphatic heterocycles. The van der Waals surface area contributed by atoms with Gasteiger partial charge in [0.1, 0.15) is 25.4 Å². The van der Waals surface area contributed by atoms with Gasteiger partial charge in [0, 0.05) is 10.0 Å². The maximum absolute atomic E-state index is 5.78. The summed E-state index contributed by atoms with van der Waals surface area (Å²) in [4.78, 5) is 0. The lowest BCUT2D eigenvalue weighted by atomic mass is 10.2. The molecule has 2 nitrogen and oxygen atoms in total. The summed E-state index contributed by atoms with van der Waals surface area (Å²) in [6, 6.07) is 18.4. The lowest BCUT2D eigenvalue weighted by Crippen LogP contribution is -2.42. The highest BCUT2D eigenvalue weighted by atomic mass is 79.9. The van der Waals surface area contributed by atoms with Crippen molar-refractivity contribution in [2.24, 2.45) is 0 Å². The molecule has 0 amide bonds. The van der Waals surface area contributed by atoms with Crippen molar-refractivity contribution < 1.29 is 9.22 Å². The van der Waals surface area contributed by atoms with Crippen molar-refractivity contribution >= 4 is 15.9 Å². The topological polar surface area (TPSA) is 9.23 Å². The molecule has 106 valence electrons. The summed E-state index contributed by atoms with van der Waals surface area (Å²) in [5.41, 5.74) is 1.33. The Labute approximate surface area is 129 Å². The highest BCUT2D eigenvalue weighted by molar-refractivity contribution is 9.10. The van der Waals surface area contributed by atoms with Crippen molar-refractivity contribution in [2.75, 3.05) is 27.2 Å². The highest BCUT2D eigenvalue weighted by Crippen LogP contribution is 2.19. The quantitative estimate of drug-likeness (QED) is 0.722. The van der Waals surface area contributed by atoms with Crippen LogP contribution < -0.4 is 4.74 Å². The minimum absolute atomic E-state index is 0.724. The molecule has 0 aromatic heterocycles. The lowest BCUT2D eigenvalue weighted by molar-refractivity contribution is -0.903. The number of hydrogen-bond acceptors (Lipinski definition) is 1. The number of benzene rings is 2. The molecule has 0 aliphatic rings. The molecule has 0 bridgehead atoms. The number of quaternary nitrogens is 1. The van der Waals surface area contributed by atoms with Crippen LogP contribution in [0.5, 0.6) is 5.75 Å². The van der Waals surface area contributed by atoms with E-state index in [0.717, 1.165) is 29.9 Å². The van der Waals surface area contributed by atoms with Gasteiger partial charge in [-0.25, -0.2) is 0 Å². The van der Waals surface area contributed by atoms with Gasteiger partial charge >= 0.3 is 0 Å². The number of para-hydroxylation sites is 1. The summed E-state index contributed by atoms with van der Waals surface area (Å²) in [6.07, 6.45) is 0. The van der Waals surface area contributed by atoms with E-state index in [-0.39, 0.29) is 0 Å². The average molecular weight is 335 g/mol. The van der Waals surface area contributed by atoms with E-state index in [9.17, 15) is 0 Å². The lowest BCUT2D eigenvalue weighted by Gasteiger charge is -2.30. The Balaban J connectivity index is 1.86. The Morgan fingerprint density at radius 3 is 2.30 bits per heavy atom. The molecule has 0 heterocycles. The zero-order valence-electron chi connectivity index (χ0n) is 12.1. The van der Waals surface area contributed by atoms with Crippen molar-refractivity contribution in [3.05, 3.63) is 64.6 Å². The summed E-state index contributed by atoms with van der Waals surface area (Å²) < 4.78 is 7.86. The van der Waals surface area contributed by atoms with Gasteiger partial charge in [-0.15, -0.1) is 0 Å². The summed E-state index contributed by atoms with van der Waals surface area (Å²) in [6.45, 7) is 2.68. The number of nitrogens with zero attached hydrogens (tertiary/aromatic N) is 1. The zero-order chi connectivity index (χ0) is 14.4. The van der Waals surface area contributed by atoms with Crippen LogP contribution in [0.15, 0.2) is 59.1 Å². The fourth-order valence-electron chi connectivity index (χ4n) is 2.09. The van der Waals surface area contributed by atoms with E-state index in [4.69, 9.17) is 4.74 Å². The fourth-order valence-corrected chi connectivity index (χ4v) is 2.50. The molecule has 3 heteroatoms. The number of halogens is 1. The van der Waals surface area contributed by atoms with Gasteiger partial charge in [0.05, 0.1) is 14.1 Å². The monoisotopic (exact) mass is 334 g/mol.